The molecule has 0 aliphatic heterocycles. The lowest BCUT2D eigenvalue weighted by molar-refractivity contribution is -0.385. The monoisotopic (exact) mass is 211 g/mol. The highest BCUT2D eigenvalue weighted by molar-refractivity contribution is 5.47. The Kier molecular flexibility index (Phi) is 3.56. The van der Waals surface area contributed by atoms with Crippen molar-refractivity contribution in [1.29, 1.82) is 0 Å². The lowest BCUT2D eigenvalue weighted by Gasteiger charge is -2.11. The molecule has 0 bridgehead atoms. The van der Waals surface area contributed by atoms with Crippen molar-refractivity contribution in [3.05, 3.63) is 27.9 Å². The van der Waals surface area contributed by atoms with Crippen LogP contribution in [0.4, 0.5) is 11.5 Å². The molecular formula is C9H13N3O3. The number of aliphatic hydroxyl groups is 1. The quantitative estimate of drug-likeness (QED) is 0.575. The molecule has 82 valence electrons. The van der Waals surface area contributed by atoms with Gasteiger partial charge in [-0.1, -0.05) is 0 Å². The Bertz CT molecular complexity index is 368. The van der Waals surface area contributed by atoms with Crippen LogP contribution in [0.3, 0.4) is 0 Å². The molecule has 1 rings (SSSR count). The molecule has 0 saturated heterocycles. The van der Waals surface area contributed by atoms with Crippen LogP contribution in [0.1, 0.15) is 12.5 Å². The molecule has 0 spiro atoms. The topological polar surface area (TPSA) is 88.3 Å². The number of aliphatic hydroxyl groups excluding tert-OH is 1. The second kappa shape index (κ2) is 4.70. The Labute approximate surface area is 87.1 Å². The number of anilines is 1. The fourth-order valence-corrected chi connectivity index (χ4v) is 1.12. The predicted molar refractivity (Wildman–Crippen MR) is 55.8 cm³/mol. The van der Waals surface area contributed by atoms with Gasteiger partial charge < -0.3 is 10.4 Å². The van der Waals surface area contributed by atoms with Gasteiger partial charge in [0.15, 0.2) is 0 Å². The van der Waals surface area contributed by atoms with Crippen LogP contribution in [0.2, 0.25) is 0 Å². The fourth-order valence-electron chi connectivity index (χ4n) is 1.12. The van der Waals surface area contributed by atoms with Crippen molar-refractivity contribution in [2.24, 2.45) is 0 Å². The summed E-state index contributed by atoms with van der Waals surface area (Å²) in [7, 11) is 0. The van der Waals surface area contributed by atoms with Crippen LogP contribution in [-0.4, -0.2) is 27.7 Å². The molecule has 0 aromatic carbocycles. The largest absolute Gasteiger partial charge is 0.394 e. The zero-order valence-corrected chi connectivity index (χ0v) is 8.60. The molecule has 0 aliphatic carbocycles. The molecule has 1 heterocycles. The van der Waals surface area contributed by atoms with Gasteiger partial charge in [-0.05, 0) is 19.9 Å². The molecular weight excluding hydrogens is 198 g/mol. The lowest BCUT2D eigenvalue weighted by atomic mass is 10.2. The minimum Gasteiger partial charge on any atom is -0.394 e. The van der Waals surface area contributed by atoms with E-state index < -0.39 is 4.92 Å². The van der Waals surface area contributed by atoms with Gasteiger partial charge in [0.2, 0.25) is 0 Å². The maximum atomic E-state index is 10.5. The summed E-state index contributed by atoms with van der Waals surface area (Å²) in [4.78, 5) is 13.9. The maximum absolute atomic E-state index is 10.5. The van der Waals surface area contributed by atoms with E-state index in [0.717, 1.165) is 0 Å². The number of nitrogens with one attached hydrogen (secondary N) is 1. The first kappa shape index (κ1) is 11.4. The number of aryl methyl sites for hydroxylation is 1. The van der Waals surface area contributed by atoms with Gasteiger partial charge in [-0.3, -0.25) is 10.1 Å². The summed E-state index contributed by atoms with van der Waals surface area (Å²) in [6.45, 7) is 3.42. The Morgan fingerprint density at radius 1 is 1.73 bits per heavy atom. The summed E-state index contributed by atoms with van der Waals surface area (Å²) in [6.07, 6.45) is 1.21. The van der Waals surface area contributed by atoms with Crippen LogP contribution in [-0.2, 0) is 0 Å². The van der Waals surface area contributed by atoms with Crippen molar-refractivity contribution < 1.29 is 10.0 Å². The normalized spacial score (nSPS) is 12.2. The van der Waals surface area contributed by atoms with Gasteiger partial charge >= 0.3 is 0 Å². The molecule has 0 amide bonds. The van der Waals surface area contributed by atoms with E-state index in [2.05, 4.69) is 10.3 Å². The molecule has 0 saturated carbocycles. The van der Waals surface area contributed by atoms with E-state index in [9.17, 15) is 10.1 Å². The van der Waals surface area contributed by atoms with Crippen molar-refractivity contribution in [2.45, 2.75) is 19.9 Å². The van der Waals surface area contributed by atoms with Crippen LogP contribution >= 0.6 is 0 Å². The molecule has 1 unspecified atom stereocenters. The van der Waals surface area contributed by atoms with Gasteiger partial charge in [0.1, 0.15) is 12.0 Å². The molecule has 6 heteroatoms. The van der Waals surface area contributed by atoms with Crippen LogP contribution < -0.4 is 5.32 Å². The minimum atomic E-state index is -0.471. The molecule has 1 aromatic heterocycles. The number of hydrogen-bond donors (Lipinski definition) is 2. The van der Waals surface area contributed by atoms with E-state index >= 15 is 0 Å². The van der Waals surface area contributed by atoms with Crippen molar-refractivity contribution in [1.82, 2.24) is 4.98 Å². The highest BCUT2D eigenvalue weighted by atomic mass is 16.6. The first-order chi connectivity index (χ1) is 7.04. The molecule has 1 atom stereocenters. The van der Waals surface area contributed by atoms with Crippen molar-refractivity contribution in [3.63, 3.8) is 0 Å². The van der Waals surface area contributed by atoms with Gasteiger partial charge in [0.25, 0.3) is 5.69 Å². The van der Waals surface area contributed by atoms with Gasteiger partial charge in [0.05, 0.1) is 11.5 Å². The maximum Gasteiger partial charge on any atom is 0.290 e. The molecule has 0 aliphatic rings. The van der Waals surface area contributed by atoms with Crippen LogP contribution in [0.5, 0.6) is 0 Å². The zero-order valence-electron chi connectivity index (χ0n) is 8.60. The summed E-state index contributed by atoms with van der Waals surface area (Å²) in [6, 6.07) is 1.46. The van der Waals surface area contributed by atoms with Gasteiger partial charge in [-0.2, -0.15) is 0 Å². The minimum absolute atomic E-state index is 0.00259. The van der Waals surface area contributed by atoms with Crippen molar-refractivity contribution in [2.75, 3.05) is 11.9 Å². The van der Waals surface area contributed by atoms with E-state index in [1.54, 1.807) is 19.9 Å². The number of nitro groups is 1. The third-order valence-corrected chi connectivity index (χ3v) is 1.95. The Balaban J connectivity index is 2.87. The Hall–Kier alpha value is -1.69. The van der Waals surface area contributed by atoms with Gasteiger partial charge in [0, 0.05) is 11.6 Å². The van der Waals surface area contributed by atoms with Crippen molar-refractivity contribution >= 4 is 11.5 Å². The van der Waals surface area contributed by atoms with Crippen LogP contribution in [0.15, 0.2) is 12.3 Å². The third-order valence-electron chi connectivity index (χ3n) is 1.95. The van der Waals surface area contributed by atoms with E-state index in [1.165, 1.54) is 6.20 Å². The van der Waals surface area contributed by atoms with Crippen molar-refractivity contribution in [3.8, 4) is 0 Å². The summed E-state index contributed by atoms with van der Waals surface area (Å²) in [5.74, 6) is 0.527. The van der Waals surface area contributed by atoms with Gasteiger partial charge in [-0.25, -0.2) is 4.98 Å². The molecule has 0 radical (unpaired) electrons. The first-order valence-electron chi connectivity index (χ1n) is 4.53. The average molecular weight is 211 g/mol. The lowest BCUT2D eigenvalue weighted by Crippen LogP contribution is -2.20. The number of rotatable bonds is 4. The van der Waals surface area contributed by atoms with Crippen LogP contribution in [0.25, 0.3) is 0 Å². The zero-order chi connectivity index (χ0) is 11.4. The summed E-state index contributed by atoms with van der Waals surface area (Å²) >= 11 is 0. The highest BCUT2D eigenvalue weighted by Crippen LogP contribution is 2.18. The first-order valence-corrected chi connectivity index (χ1v) is 4.53. The number of pyridine rings is 1. The smallest absolute Gasteiger partial charge is 0.290 e. The fraction of sp³-hybridized carbons (Fsp3) is 0.444. The molecule has 1 aromatic rings. The Morgan fingerprint density at radius 3 is 2.87 bits per heavy atom. The number of nitrogens with zero attached hydrogens (tertiary/aromatic N) is 2. The standard InChI is InChI=1S/C9H13N3O3/c1-6-3-9(11-7(2)5-13)10-4-8(6)12(14)15/h3-4,7,13H,5H2,1-2H3,(H,10,11). The predicted octanol–water partition coefficient (Wildman–Crippen LogP) is 1.09. The van der Waals surface area contributed by atoms with Gasteiger partial charge in [-0.15, -0.1) is 0 Å². The molecule has 2 N–H and O–H groups in total. The second-order valence-corrected chi connectivity index (χ2v) is 3.34. The number of hydrogen-bond acceptors (Lipinski definition) is 5. The Morgan fingerprint density at radius 2 is 2.40 bits per heavy atom. The summed E-state index contributed by atoms with van der Waals surface area (Å²) in [5.41, 5.74) is 0.542. The highest BCUT2D eigenvalue weighted by Gasteiger charge is 2.11. The summed E-state index contributed by atoms with van der Waals surface area (Å²) < 4.78 is 0. The summed E-state index contributed by atoms with van der Waals surface area (Å²) in [5, 5.41) is 22.2. The second-order valence-electron chi connectivity index (χ2n) is 3.34. The third kappa shape index (κ3) is 2.88. The molecule has 0 fully saturated rings. The average Bonchev–Trinajstić information content (AvgIpc) is 2.17. The van der Waals surface area contributed by atoms with E-state index in [0.29, 0.717) is 11.4 Å². The van der Waals surface area contributed by atoms with E-state index in [1.807, 2.05) is 0 Å². The molecule has 15 heavy (non-hydrogen) atoms. The number of aromatic nitrogens is 1. The van der Waals surface area contributed by atoms with E-state index in [4.69, 9.17) is 5.11 Å². The SMILES string of the molecule is Cc1cc(NC(C)CO)ncc1[N+](=O)[O-]. The van der Waals surface area contributed by atoms with E-state index in [-0.39, 0.29) is 18.3 Å². The molecule has 6 nitrogen and oxygen atoms in total. The van der Waals surface area contributed by atoms with Crippen LogP contribution in [0, 0.1) is 17.0 Å².